The van der Waals surface area contributed by atoms with Gasteiger partial charge in [-0.1, -0.05) is 117 Å². The summed E-state index contributed by atoms with van der Waals surface area (Å²) in [6.45, 7) is 4.41. The summed E-state index contributed by atoms with van der Waals surface area (Å²) in [6.07, 6.45) is 20.4. The SMILES string of the molecule is CCCCCCCCCC(CCCCCC(O)CCCCCCCC)S(=O)(=O)[O-].[K+]. The second kappa shape index (κ2) is 23.7. The van der Waals surface area contributed by atoms with Crippen LogP contribution in [0.4, 0.5) is 0 Å². The second-order valence-electron chi connectivity index (χ2n) is 8.87. The molecule has 0 heterocycles. The van der Waals surface area contributed by atoms with Gasteiger partial charge in [0.25, 0.3) is 0 Å². The van der Waals surface area contributed by atoms with Gasteiger partial charge in [0.15, 0.2) is 0 Å². The molecule has 0 fully saturated rings. The average Bonchev–Trinajstić information content (AvgIpc) is 2.67. The maximum Gasteiger partial charge on any atom is 1.00 e. The molecule has 0 aliphatic rings. The molecule has 0 rings (SSSR count). The van der Waals surface area contributed by atoms with E-state index in [0.717, 1.165) is 57.8 Å². The normalized spacial score (nSPS) is 13.7. The van der Waals surface area contributed by atoms with Crippen molar-refractivity contribution in [2.45, 2.75) is 154 Å². The van der Waals surface area contributed by atoms with Crippen LogP contribution in [-0.2, 0) is 10.1 Å². The topological polar surface area (TPSA) is 77.4 Å². The van der Waals surface area contributed by atoms with Gasteiger partial charge in [-0.25, -0.2) is 8.42 Å². The predicted molar refractivity (Wildman–Crippen MR) is 123 cm³/mol. The van der Waals surface area contributed by atoms with Crippen molar-refractivity contribution >= 4 is 10.1 Å². The van der Waals surface area contributed by atoms with Crippen LogP contribution in [-0.4, -0.2) is 29.4 Å². The minimum Gasteiger partial charge on any atom is -0.748 e. The number of aliphatic hydroxyl groups is 1. The number of hydrogen-bond acceptors (Lipinski definition) is 4. The van der Waals surface area contributed by atoms with E-state index in [9.17, 15) is 18.1 Å². The molecule has 0 aromatic rings. The third-order valence-corrected chi connectivity index (χ3v) is 7.28. The van der Waals surface area contributed by atoms with Gasteiger partial charge in [0.2, 0.25) is 0 Å². The Labute approximate surface area is 230 Å². The quantitative estimate of drug-likeness (QED) is 0.146. The molecule has 2 unspecified atom stereocenters. The molecule has 0 spiro atoms. The van der Waals surface area contributed by atoms with Gasteiger partial charge in [0, 0.05) is 5.25 Å². The number of rotatable bonds is 22. The molecule has 0 aliphatic carbocycles. The van der Waals surface area contributed by atoms with Crippen molar-refractivity contribution in [2.75, 3.05) is 0 Å². The molecule has 0 saturated heterocycles. The van der Waals surface area contributed by atoms with Crippen molar-refractivity contribution in [1.29, 1.82) is 0 Å². The minimum absolute atomic E-state index is 0. The summed E-state index contributed by atoms with van der Waals surface area (Å²) in [5, 5.41) is 9.35. The molecule has 30 heavy (non-hydrogen) atoms. The van der Waals surface area contributed by atoms with Gasteiger partial charge in [-0.2, -0.15) is 0 Å². The first kappa shape index (κ1) is 33.7. The molecule has 2 atom stereocenters. The monoisotopic (exact) mass is 472 g/mol. The first-order chi connectivity index (χ1) is 13.9. The maximum absolute atomic E-state index is 11.5. The maximum atomic E-state index is 11.5. The Kier molecular flexibility index (Phi) is 26.6. The molecule has 0 radical (unpaired) electrons. The van der Waals surface area contributed by atoms with Gasteiger partial charge in [-0.15, -0.1) is 0 Å². The van der Waals surface area contributed by atoms with E-state index < -0.39 is 15.4 Å². The second-order valence-corrected chi connectivity index (χ2v) is 10.5. The Bertz CT molecular complexity index is 442. The first-order valence-electron chi connectivity index (χ1n) is 12.5. The smallest absolute Gasteiger partial charge is 0.748 e. The largest absolute Gasteiger partial charge is 1.00 e. The van der Waals surface area contributed by atoms with Crippen LogP contribution >= 0.6 is 0 Å². The summed E-state index contributed by atoms with van der Waals surface area (Å²) in [6, 6.07) is 0. The fraction of sp³-hybridized carbons (Fsp3) is 1.00. The number of unbranched alkanes of at least 4 members (excludes halogenated alkanes) is 13. The Morgan fingerprint density at radius 2 is 0.900 bits per heavy atom. The Balaban J connectivity index is 0. The van der Waals surface area contributed by atoms with Crippen LogP contribution in [0.2, 0.25) is 0 Å². The van der Waals surface area contributed by atoms with Crippen LogP contribution in [0.25, 0.3) is 0 Å². The number of aliphatic hydroxyl groups excluding tert-OH is 1. The van der Waals surface area contributed by atoms with Crippen LogP contribution in [0.3, 0.4) is 0 Å². The summed E-state index contributed by atoms with van der Waals surface area (Å²) >= 11 is 0. The van der Waals surface area contributed by atoms with Gasteiger partial charge in [-0.3, -0.25) is 0 Å². The van der Waals surface area contributed by atoms with Gasteiger partial charge in [-0.05, 0) is 25.7 Å². The molecule has 1 N–H and O–H groups in total. The predicted octanol–water partition coefficient (Wildman–Crippen LogP) is 4.11. The molecule has 0 aliphatic heterocycles. The third-order valence-electron chi connectivity index (χ3n) is 5.99. The van der Waals surface area contributed by atoms with E-state index in [4.69, 9.17) is 0 Å². The third kappa shape index (κ3) is 22.7. The summed E-state index contributed by atoms with van der Waals surface area (Å²) in [5.41, 5.74) is 0. The van der Waals surface area contributed by atoms with Gasteiger partial charge < -0.3 is 9.66 Å². The zero-order valence-corrected chi connectivity index (χ0v) is 24.3. The fourth-order valence-electron chi connectivity index (χ4n) is 4.00. The number of hydrogen-bond donors (Lipinski definition) is 1. The summed E-state index contributed by atoms with van der Waals surface area (Å²) in [7, 11) is -4.19. The van der Waals surface area contributed by atoms with Gasteiger partial charge in [0.1, 0.15) is 0 Å². The average molecular weight is 473 g/mol. The van der Waals surface area contributed by atoms with Gasteiger partial charge in [0.05, 0.1) is 16.2 Å². The summed E-state index contributed by atoms with van der Waals surface area (Å²) in [5.74, 6) is 0. The molecule has 4 nitrogen and oxygen atoms in total. The van der Waals surface area contributed by atoms with E-state index in [2.05, 4.69) is 13.8 Å². The molecular formula is C24H49KO4S. The Morgan fingerprint density at radius 3 is 1.27 bits per heavy atom. The van der Waals surface area contributed by atoms with Crippen LogP contribution in [0.5, 0.6) is 0 Å². The molecule has 0 aromatic heterocycles. The molecule has 0 saturated carbocycles. The Hall–Kier alpha value is 1.51. The summed E-state index contributed by atoms with van der Waals surface area (Å²) in [4.78, 5) is 0. The Morgan fingerprint density at radius 1 is 0.600 bits per heavy atom. The minimum atomic E-state index is -4.19. The molecule has 0 aromatic carbocycles. The zero-order chi connectivity index (χ0) is 21.8. The van der Waals surface area contributed by atoms with E-state index in [1.807, 2.05) is 0 Å². The molecule has 6 heteroatoms. The van der Waals surface area contributed by atoms with Crippen molar-refractivity contribution in [3.63, 3.8) is 0 Å². The van der Waals surface area contributed by atoms with E-state index in [1.54, 1.807) is 0 Å². The molecule has 0 bridgehead atoms. The van der Waals surface area contributed by atoms with Gasteiger partial charge >= 0.3 is 51.4 Å². The van der Waals surface area contributed by atoms with E-state index in [1.165, 1.54) is 57.8 Å². The first-order valence-corrected chi connectivity index (χ1v) is 14.0. The van der Waals surface area contributed by atoms with Crippen LogP contribution in [0, 0.1) is 0 Å². The molecule has 0 amide bonds. The molecule has 176 valence electrons. The van der Waals surface area contributed by atoms with Crippen molar-refractivity contribution < 1.29 is 69.5 Å². The van der Waals surface area contributed by atoms with E-state index >= 15 is 0 Å². The van der Waals surface area contributed by atoms with Crippen molar-refractivity contribution in [2.24, 2.45) is 0 Å². The summed E-state index contributed by atoms with van der Waals surface area (Å²) < 4.78 is 34.6. The zero-order valence-electron chi connectivity index (χ0n) is 20.4. The van der Waals surface area contributed by atoms with E-state index in [0.29, 0.717) is 12.8 Å². The molecular weight excluding hydrogens is 423 g/mol. The van der Waals surface area contributed by atoms with Crippen molar-refractivity contribution in [3.05, 3.63) is 0 Å². The van der Waals surface area contributed by atoms with Crippen LogP contribution in [0.15, 0.2) is 0 Å². The standard InChI is InChI=1S/C24H50O4S.K/c1-3-5-7-9-11-13-17-21-24(29(26,27)28)22-18-14-16-20-23(25)19-15-12-10-8-6-4-2;/h23-25H,3-22H2,1-2H3,(H,26,27,28);/q;+1/p-1. The van der Waals surface area contributed by atoms with E-state index in [-0.39, 0.29) is 57.5 Å². The van der Waals surface area contributed by atoms with Crippen molar-refractivity contribution in [1.82, 2.24) is 0 Å². The van der Waals surface area contributed by atoms with Crippen molar-refractivity contribution in [3.8, 4) is 0 Å². The fourth-order valence-corrected chi connectivity index (χ4v) is 4.91. The van der Waals surface area contributed by atoms with Crippen LogP contribution in [0.1, 0.15) is 142 Å². The van der Waals surface area contributed by atoms with Crippen LogP contribution < -0.4 is 51.4 Å².